The first-order valence-corrected chi connectivity index (χ1v) is 7.22. The molecule has 0 aromatic carbocycles. The fourth-order valence-corrected chi connectivity index (χ4v) is 3.56. The molecule has 0 bridgehead atoms. The quantitative estimate of drug-likeness (QED) is 0.789. The summed E-state index contributed by atoms with van der Waals surface area (Å²) in [6.07, 6.45) is 8.69. The minimum Gasteiger partial charge on any atom is -0.315 e. The molecule has 2 nitrogen and oxygen atoms in total. The second-order valence-corrected chi connectivity index (χ2v) is 5.84. The van der Waals surface area contributed by atoms with E-state index < -0.39 is 0 Å². The minimum absolute atomic E-state index is 0.798. The lowest BCUT2D eigenvalue weighted by Gasteiger charge is -2.33. The third kappa shape index (κ3) is 2.98. The van der Waals surface area contributed by atoms with E-state index in [-0.39, 0.29) is 0 Å². The summed E-state index contributed by atoms with van der Waals surface area (Å²) in [6, 6.07) is 0.798. The van der Waals surface area contributed by atoms with Gasteiger partial charge in [-0.05, 0) is 38.3 Å². The SMILES string of the molecule is CCC1CNCC1N(C)CC1CCCCC1. The van der Waals surface area contributed by atoms with E-state index in [2.05, 4.69) is 24.2 Å². The highest BCUT2D eigenvalue weighted by atomic mass is 15.2. The van der Waals surface area contributed by atoms with Gasteiger partial charge in [-0.25, -0.2) is 0 Å². The Labute approximate surface area is 101 Å². The van der Waals surface area contributed by atoms with Crippen molar-refractivity contribution in [3.8, 4) is 0 Å². The van der Waals surface area contributed by atoms with Gasteiger partial charge in [-0.15, -0.1) is 0 Å². The average Bonchev–Trinajstić information content (AvgIpc) is 2.78. The van der Waals surface area contributed by atoms with Gasteiger partial charge in [0, 0.05) is 19.1 Å². The molecule has 2 fully saturated rings. The van der Waals surface area contributed by atoms with E-state index in [1.807, 2.05) is 0 Å². The van der Waals surface area contributed by atoms with Crippen LogP contribution in [0.25, 0.3) is 0 Å². The molecule has 1 heterocycles. The number of hydrogen-bond acceptors (Lipinski definition) is 2. The first-order valence-electron chi connectivity index (χ1n) is 7.22. The predicted octanol–water partition coefficient (Wildman–Crippen LogP) is 2.50. The van der Waals surface area contributed by atoms with Gasteiger partial charge in [0.25, 0.3) is 0 Å². The van der Waals surface area contributed by atoms with Crippen molar-refractivity contribution >= 4 is 0 Å². The van der Waals surface area contributed by atoms with Crippen LogP contribution >= 0.6 is 0 Å². The van der Waals surface area contributed by atoms with Crippen LogP contribution in [0.2, 0.25) is 0 Å². The number of likely N-dealkylation sites (N-methyl/N-ethyl adjacent to an activating group) is 1. The number of rotatable bonds is 4. The number of nitrogens with one attached hydrogen (secondary N) is 1. The van der Waals surface area contributed by atoms with Crippen molar-refractivity contribution in [2.45, 2.75) is 51.5 Å². The molecule has 2 rings (SSSR count). The van der Waals surface area contributed by atoms with Crippen molar-refractivity contribution in [2.24, 2.45) is 11.8 Å². The topological polar surface area (TPSA) is 15.3 Å². The molecule has 94 valence electrons. The summed E-state index contributed by atoms with van der Waals surface area (Å²) in [5.41, 5.74) is 0. The van der Waals surface area contributed by atoms with Crippen molar-refractivity contribution < 1.29 is 0 Å². The van der Waals surface area contributed by atoms with E-state index in [0.717, 1.165) is 17.9 Å². The van der Waals surface area contributed by atoms with E-state index in [4.69, 9.17) is 0 Å². The van der Waals surface area contributed by atoms with Gasteiger partial charge in [-0.3, -0.25) is 0 Å². The highest BCUT2D eigenvalue weighted by molar-refractivity contribution is 4.87. The molecule has 1 saturated heterocycles. The molecule has 1 saturated carbocycles. The van der Waals surface area contributed by atoms with E-state index >= 15 is 0 Å². The maximum Gasteiger partial charge on any atom is 0.0257 e. The monoisotopic (exact) mass is 224 g/mol. The Morgan fingerprint density at radius 2 is 1.88 bits per heavy atom. The summed E-state index contributed by atoms with van der Waals surface area (Å²) in [5.74, 6) is 1.87. The van der Waals surface area contributed by atoms with Crippen LogP contribution in [-0.4, -0.2) is 37.6 Å². The molecular weight excluding hydrogens is 196 g/mol. The molecule has 0 aromatic rings. The third-order valence-electron chi connectivity index (χ3n) is 4.67. The largest absolute Gasteiger partial charge is 0.315 e. The molecule has 1 aliphatic heterocycles. The lowest BCUT2D eigenvalue weighted by molar-refractivity contribution is 0.161. The Kier molecular flexibility index (Phi) is 4.66. The maximum atomic E-state index is 3.55. The maximum absolute atomic E-state index is 3.55. The molecule has 0 radical (unpaired) electrons. The molecule has 2 heteroatoms. The molecular formula is C14H28N2. The smallest absolute Gasteiger partial charge is 0.0257 e. The van der Waals surface area contributed by atoms with Crippen LogP contribution in [-0.2, 0) is 0 Å². The van der Waals surface area contributed by atoms with Gasteiger partial charge in [0.2, 0.25) is 0 Å². The van der Waals surface area contributed by atoms with Gasteiger partial charge >= 0.3 is 0 Å². The second-order valence-electron chi connectivity index (χ2n) is 5.84. The molecule has 2 atom stereocenters. The van der Waals surface area contributed by atoms with E-state index in [1.165, 1.54) is 58.2 Å². The normalized spacial score (nSPS) is 32.4. The van der Waals surface area contributed by atoms with Crippen LogP contribution in [0.5, 0.6) is 0 Å². The second kappa shape index (κ2) is 6.02. The third-order valence-corrected chi connectivity index (χ3v) is 4.67. The fraction of sp³-hybridized carbons (Fsp3) is 1.00. The summed E-state index contributed by atoms with van der Waals surface area (Å²) in [5, 5.41) is 3.55. The summed E-state index contributed by atoms with van der Waals surface area (Å²) in [7, 11) is 2.34. The molecule has 2 unspecified atom stereocenters. The Balaban J connectivity index is 1.79. The molecule has 16 heavy (non-hydrogen) atoms. The van der Waals surface area contributed by atoms with Crippen molar-refractivity contribution in [2.75, 3.05) is 26.7 Å². The fourth-order valence-electron chi connectivity index (χ4n) is 3.56. The van der Waals surface area contributed by atoms with Gasteiger partial charge < -0.3 is 10.2 Å². The molecule has 1 N–H and O–H groups in total. The van der Waals surface area contributed by atoms with E-state index in [0.29, 0.717) is 0 Å². The van der Waals surface area contributed by atoms with Gasteiger partial charge in [-0.1, -0.05) is 32.6 Å². The highest BCUT2D eigenvalue weighted by Gasteiger charge is 2.29. The lowest BCUT2D eigenvalue weighted by Crippen LogP contribution is -2.40. The number of nitrogens with zero attached hydrogens (tertiary/aromatic N) is 1. The highest BCUT2D eigenvalue weighted by Crippen LogP contribution is 2.26. The van der Waals surface area contributed by atoms with Crippen molar-refractivity contribution in [1.29, 1.82) is 0 Å². The lowest BCUT2D eigenvalue weighted by atomic mass is 9.88. The predicted molar refractivity (Wildman–Crippen MR) is 69.6 cm³/mol. The van der Waals surface area contributed by atoms with Crippen LogP contribution in [0.1, 0.15) is 45.4 Å². The van der Waals surface area contributed by atoms with Gasteiger partial charge in [0.1, 0.15) is 0 Å². The Hall–Kier alpha value is -0.0800. The summed E-state index contributed by atoms with van der Waals surface area (Å²) in [6.45, 7) is 6.11. The van der Waals surface area contributed by atoms with Crippen LogP contribution in [0.3, 0.4) is 0 Å². The first kappa shape index (κ1) is 12.4. The zero-order valence-corrected chi connectivity index (χ0v) is 11.0. The van der Waals surface area contributed by atoms with Crippen LogP contribution in [0.4, 0.5) is 0 Å². The van der Waals surface area contributed by atoms with Crippen molar-refractivity contribution in [3.63, 3.8) is 0 Å². The molecule has 2 aliphatic rings. The first-order chi connectivity index (χ1) is 7.81. The van der Waals surface area contributed by atoms with Crippen molar-refractivity contribution in [1.82, 2.24) is 10.2 Å². The summed E-state index contributed by atoms with van der Waals surface area (Å²) >= 11 is 0. The minimum atomic E-state index is 0.798. The van der Waals surface area contributed by atoms with Gasteiger partial charge in [0.15, 0.2) is 0 Å². The zero-order valence-electron chi connectivity index (χ0n) is 11.0. The van der Waals surface area contributed by atoms with Crippen molar-refractivity contribution in [3.05, 3.63) is 0 Å². The standard InChI is InChI=1S/C14H28N2/c1-3-13-9-15-10-14(13)16(2)11-12-7-5-4-6-8-12/h12-15H,3-11H2,1-2H3. The van der Waals surface area contributed by atoms with Crippen LogP contribution in [0, 0.1) is 11.8 Å². The van der Waals surface area contributed by atoms with Crippen LogP contribution < -0.4 is 5.32 Å². The molecule has 0 aromatic heterocycles. The Bertz CT molecular complexity index is 199. The molecule has 1 aliphatic carbocycles. The molecule has 0 spiro atoms. The van der Waals surface area contributed by atoms with Gasteiger partial charge in [0.05, 0.1) is 0 Å². The Morgan fingerprint density at radius 3 is 2.56 bits per heavy atom. The average molecular weight is 224 g/mol. The summed E-state index contributed by atoms with van der Waals surface area (Å²) < 4.78 is 0. The number of hydrogen-bond donors (Lipinski definition) is 1. The molecule has 0 amide bonds. The summed E-state index contributed by atoms with van der Waals surface area (Å²) in [4.78, 5) is 2.64. The van der Waals surface area contributed by atoms with E-state index in [9.17, 15) is 0 Å². The Morgan fingerprint density at radius 1 is 1.12 bits per heavy atom. The zero-order chi connectivity index (χ0) is 11.4. The van der Waals surface area contributed by atoms with Crippen LogP contribution in [0.15, 0.2) is 0 Å². The van der Waals surface area contributed by atoms with E-state index in [1.54, 1.807) is 0 Å². The van der Waals surface area contributed by atoms with Gasteiger partial charge in [-0.2, -0.15) is 0 Å².